The number of fused-ring (bicyclic) bond motifs is 2. The topological polar surface area (TPSA) is 51.9 Å². The normalized spacial score (nSPS) is 15.8. The largest absolute Gasteiger partial charge is 0.486 e. The van der Waals surface area contributed by atoms with E-state index in [2.05, 4.69) is 0 Å². The lowest BCUT2D eigenvalue weighted by Gasteiger charge is -2.30. The van der Waals surface area contributed by atoms with Gasteiger partial charge >= 0.3 is 0 Å². The maximum absolute atomic E-state index is 12.9. The molecule has 0 fully saturated rings. The van der Waals surface area contributed by atoms with Gasteiger partial charge in [-0.3, -0.25) is 4.79 Å². The molecule has 0 radical (unpaired) electrons. The fourth-order valence-corrected chi connectivity index (χ4v) is 3.21. The summed E-state index contributed by atoms with van der Waals surface area (Å²) in [5, 5.41) is 1.42. The molecule has 1 unspecified atom stereocenters. The number of hydrogen-bond acceptors (Lipinski definition) is 4. The van der Waals surface area contributed by atoms with Crippen molar-refractivity contribution in [1.29, 1.82) is 0 Å². The van der Waals surface area contributed by atoms with Crippen LogP contribution in [0.15, 0.2) is 52.9 Å². The number of nitrogens with zero attached hydrogens (tertiary/aromatic N) is 1. The van der Waals surface area contributed by atoms with E-state index in [0.29, 0.717) is 41.8 Å². The number of furan rings is 1. The quantitative estimate of drug-likeness (QED) is 0.682. The molecule has 26 heavy (non-hydrogen) atoms. The minimum atomic E-state index is -0.229. The maximum Gasteiger partial charge on any atom is 0.289 e. The van der Waals surface area contributed by atoms with Gasteiger partial charge in [0.25, 0.3) is 5.91 Å². The van der Waals surface area contributed by atoms with Crippen molar-refractivity contribution in [3.05, 3.63) is 59.3 Å². The van der Waals surface area contributed by atoms with E-state index in [4.69, 9.17) is 25.5 Å². The van der Waals surface area contributed by atoms with E-state index >= 15 is 0 Å². The summed E-state index contributed by atoms with van der Waals surface area (Å²) in [5.74, 6) is 1.54. The van der Waals surface area contributed by atoms with Crippen LogP contribution in [-0.2, 0) is 0 Å². The van der Waals surface area contributed by atoms with E-state index in [1.54, 1.807) is 29.2 Å². The standard InChI is InChI=1S/C20H18ClNO4/c1-2-22(11-15-12-24-17-5-3-4-6-18(17)25-15)20(23)19-10-13-9-14(21)7-8-16(13)26-19/h3-10,15H,2,11-12H2,1H3. The predicted octanol–water partition coefficient (Wildman–Crippen LogP) is 4.39. The SMILES string of the molecule is CCN(CC1COc2ccccc2O1)C(=O)c1cc2cc(Cl)ccc2o1. The number of para-hydroxylation sites is 2. The van der Waals surface area contributed by atoms with Crippen molar-refractivity contribution in [2.24, 2.45) is 0 Å². The number of benzene rings is 2. The molecule has 134 valence electrons. The lowest BCUT2D eigenvalue weighted by atomic mass is 10.2. The van der Waals surface area contributed by atoms with Crippen LogP contribution in [0, 0.1) is 0 Å². The number of likely N-dealkylation sites (N-methyl/N-ethyl adjacent to an activating group) is 1. The molecule has 2 aromatic carbocycles. The highest BCUT2D eigenvalue weighted by molar-refractivity contribution is 6.31. The molecule has 0 N–H and O–H groups in total. The van der Waals surface area contributed by atoms with Crippen LogP contribution in [-0.4, -0.2) is 36.6 Å². The third-order valence-corrected chi connectivity index (χ3v) is 4.58. The van der Waals surface area contributed by atoms with E-state index in [1.165, 1.54) is 0 Å². The minimum Gasteiger partial charge on any atom is -0.486 e. The van der Waals surface area contributed by atoms with Gasteiger partial charge in [-0.1, -0.05) is 23.7 Å². The molecule has 5 nitrogen and oxygen atoms in total. The summed E-state index contributed by atoms with van der Waals surface area (Å²) >= 11 is 6.00. The first-order valence-electron chi connectivity index (χ1n) is 8.51. The van der Waals surface area contributed by atoms with Crippen molar-refractivity contribution in [2.45, 2.75) is 13.0 Å². The van der Waals surface area contributed by atoms with E-state index in [1.807, 2.05) is 31.2 Å². The van der Waals surface area contributed by atoms with Crippen molar-refractivity contribution >= 4 is 28.5 Å². The molecule has 1 aliphatic rings. The molecule has 0 saturated carbocycles. The molecule has 0 bridgehead atoms. The van der Waals surface area contributed by atoms with Gasteiger partial charge in [-0.15, -0.1) is 0 Å². The Morgan fingerprint density at radius 1 is 1.19 bits per heavy atom. The first-order chi connectivity index (χ1) is 12.6. The highest BCUT2D eigenvalue weighted by Crippen LogP contribution is 2.31. The zero-order valence-electron chi connectivity index (χ0n) is 14.3. The van der Waals surface area contributed by atoms with Gasteiger partial charge in [0.2, 0.25) is 0 Å². The van der Waals surface area contributed by atoms with E-state index in [0.717, 1.165) is 11.1 Å². The number of halogens is 1. The van der Waals surface area contributed by atoms with E-state index < -0.39 is 0 Å². The van der Waals surface area contributed by atoms with Crippen LogP contribution in [0.5, 0.6) is 11.5 Å². The number of rotatable bonds is 4. The summed E-state index contributed by atoms with van der Waals surface area (Å²) in [7, 11) is 0. The van der Waals surface area contributed by atoms with Crippen LogP contribution in [0.2, 0.25) is 5.02 Å². The summed E-state index contributed by atoms with van der Waals surface area (Å²) in [6.45, 7) is 3.28. The lowest BCUT2D eigenvalue weighted by molar-refractivity contribution is 0.0457. The average Bonchev–Trinajstić information content (AvgIpc) is 3.08. The molecule has 0 aliphatic carbocycles. The van der Waals surface area contributed by atoms with Crippen molar-refractivity contribution in [3.63, 3.8) is 0 Å². The Morgan fingerprint density at radius 3 is 2.81 bits per heavy atom. The Bertz CT molecular complexity index is 952. The van der Waals surface area contributed by atoms with Crippen molar-refractivity contribution < 1.29 is 18.7 Å². The lowest BCUT2D eigenvalue weighted by Crippen LogP contribution is -2.43. The molecule has 4 rings (SSSR count). The molecular formula is C20H18ClNO4. The molecule has 6 heteroatoms. The minimum absolute atomic E-state index is 0.178. The molecule has 2 heterocycles. The van der Waals surface area contributed by atoms with Gasteiger partial charge in [-0.05, 0) is 43.3 Å². The van der Waals surface area contributed by atoms with Crippen molar-refractivity contribution in [2.75, 3.05) is 19.7 Å². The third kappa shape index (κ3) is 3.22. The van der Waals surface area contributed by atoms with Crippen molar-refractivity contribution in [3.8, 4) is 11.5 Å². The smallest absolute Gasteiger partial charge is 0.289 e. The fraction of sp³-hybridized carbons (Fsp3) is 0.250. The summed E-state index contributed by atoms with van der Waals surface area (Å²) in [5.41, 5.74) is 0.639. The zero-order valence-corrected chi connectivity index (χ0v) is 15.0. The molecule has 0 saturated heterocycles. The summed E-state index contributed by atoms with van der Waals surface area (Å²) in [6, 6.07) is 14.5. The van der Waals surface area contributed by atoms with Crippen LogP contribution >= 0.6 is 11.6 Å². The molecule has 1 aromatic heterocycles. The van der Waals surface area contributed by atoms with Gasteiger partial charge in [-0.2, -0.15) is 0 Å². The van der Waals surface area contributed by atoms with Gasteiger partial charge in [0.15, 0.2) is 23.4 Å². The number of amides is 1. The first-order valence-corrected chi connectivity index (χ1v) is 8.88. The highest BCUT2D eigenvalue weighted by Gasteiger charge is 2.26. The second-order valence-electron chi connectivity index (χ2n) is 6.13. The number of ether oxygens (including phenoxy) is 2. The van der Waals surface area contributed by atoms with Gasteiger partial charge in [-0.25, -0.2) is 0 Å². The van der Waals surface area contributed by atoms with Gasteiger partial charge < -0.3 is 18.8 Å². The second-order valence-corrected chi connectivity index (χ2v) is 6.57. The van der Waals surface area contributed by atoms with E-state index in [-0.39, 0.29) is 12.0 Å². The maximum atomic E-state index is 12.9. The van der Waals surface area contributed by atoms with Gasteiger partial charge in [0.05, 0.1) is 6.54 Å². The molecule has 1 aliphatic heterocycles. The summed E-state index contributed by atoms with van der Waals surface area (Å²) < 4.78 is 17.4. The van der Waals surface area contributed by atoms with E-state index in [9.17, 15) is 4.79 Å². The Hall–Kier alpha value is -2.66. The highest BCUT2D eigenvalue weighted by atomic mass is 35.5. The van der Waals surface area contributed by atoms with Crippen molar-refractivity contribution in [1.82, 2.24) is 4.90 Å². The monoisotopic (exact) mass is 371 g/mol. The molecule has 3 aromatic rings. The van der Waals surface area contributed by atoms with Gasteiger partial charge in [0.1, 0.15) is 12.2 Å². The Labute approximate surface area is 156 Å². The number of carbonyl (C=O) groups is 1. The van der Waals surface area contributed by atoms with Crippen LogP contribution in [0.25, 0.3) is 11.0 Å². The van der Waals surface area contributed by atoms with Crippen LogP contribution < -0.4 is 9.47 Å². The number of carbonyl (C=O) groups excluding carboxylic acids is 1. The Kier molecular flexibility index (Phi) is 4.47. The summed E-state index contributed by atoms with van der Waals surface area (Å²) in [6.07, 6.45) is -0.229. The molecule has 0 spiro atoms. The fourth-order valence-electron chi connectivity index (χ4n) is 3.03. The summed E-state index contributed by atoms with van der Waals surface area (Å²) in [4.78, 5) is 14.5. The average molecular weight is 372 g/mol. The van der Waals surface area contributed by atoms with Crippen LogP contribution in [0.4, 0.5) is 0 Å². The predicted molar refractivity (Wildman–Crippen MR) is 99.2 cm³/mol. The van der Waals surface area contributed by atoms with Crippen LogP contribution in [0.3, 0.4) is 0 Å². The zero-order chi connectivity index (χ0) is 18.1. The Balaban J connectivity index is 1.50. The molecule has 1 atom stereocenters. The Morgan fingerprint density at radius 2 is 2.00 bits per heavy atom. The second kappa shape index (κ2) is 6.92. The van der Waals surface area contributed by atoms with Gasteiger partial charge in [0, 0.05) is 17.0 Å². The number of hydrogen-bond donors (Lipinski definition) is 0. The molecule has 1 amide bonds. The first kappa shape index (κ1) is 16.8. The molecular weight excluding hydrogens is 354 g/mol. The third-order valence-electron chi connectivity index (χ3n) is 4.35. The van der Waals surface area contributed by atoms with Crippen LogP contribution in [0.1, 0.15) is 17.5 Å².